The van der Waals surface area contributed by atoms with Crippen LogP contribution in [0.15, 0.2) is 91.9 Å². The van der Waals surface area contributed by atoms with Crippen LogP contribution in [0.2, 0.25) is 0 Å². The van der Waals surface area contributed by atoms with Crippen LogP contribution in [-0.4, -0.2) is 132 Å². The Bertz CT molecular complexity index is 3200. The SMILES string of the molecule is C[C@H](Nc1nccc(-c2cccc(-n3cc([C@]4(O)CC(c5cc(-c6cccc(-n7cc([C@]8(O)CCN(C)C8=O)nn7)n6)nc(N[C@H](C)c6cnn(C)c6)n5)N(C)C4=O)nn3)n2)n1)c1cnn(C)c1. The smallest absolute Gasteiger partial charge is 0.261 e. The first-order chi connectivity index (χ1) is 32.6. The maximum atomic E-state index is 14.2. The molecule has 10 heterocycles. The minimum Gasteiger partial charge on any atom is -0.374 e. The van der Waals surface area contributed by atoms with Gasteiger partial charge in [-0.3, -0.25) is 19.0 Å². The molecule has 0 aromatic carbocycles. The predicted octanol–water partition coefficient (Wildman–Crippen LogP) is 2.21. The zero-order valence-corrected chi connectivity index (χ0v) is 37.8. The summed E-state index contributed by atoms with van der Waals surface area (Å²) in [6.07, 6.45) is 12.0. The molecule has 8 aromatic heterocycles. The van der Waals surface area contributed by atoms with Gasteiger partial charge in [-0.2, -0.15) is 10.2 Å². The number of amides is 2. The number of anilines is 2. The number of carbonyl (C=O) groups excluding carboxylic acids is 2. The van der Waals surface area contributed by atoms with E-state index in [2.05, 4.69) is 46.4 Å². The van der Waals surface area contributed by atoms with Gasteiger partial charge < -0.3 is 30.6 Å². The minimum atomic E-state index is -2.09. The van der Waals surface area contributed by atoms with Crippen molar-refractivity contribution in [2.45, 2.75) is 56.0 Å². The normalized spacial score (nSPS) is 20.3. The third kappa shape index (κ3) is 7.93. The highest BCUT2D eigenvalue weighted by Gasteiger charge is 2.53. The van der Waals surface area contributed by atoms with Gasteiger partial charge in [-0.25, -0.2) is 39.3 Å². The number of aryl methyl sites for hydroxylation is 2. The van der Waals surface area contributed by atoms with Gasteiger partial charge in [0, 0.05) is 77.3 Å². The van der Waals surface area contributed by atoms with Crippen LogP contribution in [0.25, 0.3) is 34.4 Å². The highest BCUT2D eigenvalue weighted by atomic mass is 16.3. The first kappa shape index (κ1) is 43.5. The number of nitrogens with zero attached hydrogens (tertiary/aromatic N) is 18. The first-order valence-electron chi connectivity index (χ1n) is 21.7. The summed E-state index contributed by atoms with van der Waals surface area (Å²) in [6, 6.07) is 12.9. The van der Waals surface area contributed by atoms with E-state index >= 15 is 0 Å². The second kappa shape index (κ2) is 16.8. The van der Waals surface area contributed by atoms with Crippen molar-refractivity contribution in [1.29, 1.82) is 0 Å². The Hall–Kier alpha value is -8.38. The summed E-state index contributed by atoms with van der Waals surface area (Å²) in [4.78, 5) is 58.3. The fourth-order valence-corrected chi connectivity index (χ4v) is 8.35. The Morgan fingerprint density at radius 2 is 1.22 bits per heavy atom. The van der Waals surface area contributed by atoms with E-state index in [-0.39, 0.29) is 42.3 Å². The topological polar surface area (TPSA) is 280 Å². The second-order valence-electron chi connectivity index (χ2n) is 17.1. The molecule has 2 saturated heterocycles. The van der Waals surface area contributed by atoms with E-state index in [9.17, 15) is 19.8 Å². The number of rotatable bonds is 13. The Kier molecular flexibility index (Phi) is 10.8. The van der Waals surface area contributed by atoms with Crippen molar-refractivity contribution >= 4 is 23.7 Å². The van der Waals surface area contributed by atoms with E-state index in [1.807, 2.05) is 46.4 Å². The molecule has 346 valence electrons. The molecule has 0 aliphatic carbocycles. The fraction of sp³-hybridized carbons (Fsp3) is 0.318. The molecule has 0 saturated carbocycles. The van der Waals surface area contributed by atoms with Gasteiger partial charge in [0.1, 0.15) is 11.4 Å². The summed E-state index contributed by atoms with van der Waals surface area (Å²) in [5, 5.41) is 55.6. The number of carbonyl (C=O) groups is 2. The van der Waals surface area contributed by atoms with E-state index in [4.69, 9.17) is 24.9 Å². The van der Waals surface area contributed by atoms with E-state index < -0.39 is 29.1 Å². The summed E-state index contributed by atoms with van der Waals surface area (Å²) < 4.78 is 6.21. The lowest BCUT2D eigenvalue weighted by Gasteiger charge is -2.21. The van der Waals surface area contributed by atoms with Crippen LogP contribution in [0.5, 0.6) is 0 Å². The average molecular weight is 919 g/mol. The minimum absolute atomic E-state index is 0.0250. The van der Waals surface area contributed by atoms with Crippen molar-refractivity contribution in [3.05, 3.63) is 120 Å². The summed E-state index contributed by atoms with van der Waals surface area (Å²) >= 11 is 0. The zero-order chi connectivity index (χ0) is 47.5. The van der Waals surface area contributed by atoms with Crippen molar-refractivity contribution in [2.75, 3.05) is 31.3 Å². The molecule has 1 unspecified atom stereocenters. The van der Waals surface area contributed by atoms with Crippen LogP contribution in [0.1, 0.15) is 73.0 Å². The molecule has 8 aromatic rings. The quantitative estimate of drug-likeness (QED) is 0.129. The van der Waals surface area contributed by atoms with Gasteiger partial charge in [0.15, 0.2) is 22.8 Å². The lowest BCUT2D eigenvalue weighted by atomic mass is 9.95. The van der Waals surface area contributed by atoms with E-state index in [1.54, 1.807) is 84.5 Å². The summed E-state index contributed by atoms with van der Waals surface area (Å²) in [5.41, 5.74) is 0.455. The van der Waals surface area contributed by atoms with Crippen LogP contribution in [-0.2, 0) is 34.9 Å². The van der Waals surface area contributed by atoms with Gasteiger partial charge in [0.05, 0.1) is 71.4 Å². The molecular formula is C44H46N20O4. The monoisotopic (exact) mass is 918 g/mol. The molecular weight excluding hydrogens is 873 g/mol. The number of likely N-dealkylation sites (N-methyl/N-ethyl adjacent to an activating group) is 2. The summed E-state index contributed by atoms with van der Waals surface area (Å²) in [7, 11) is 6.90. The number of hydrogen-bond acceptors (Lipinski definition) is 18. The van der Waals surface area contributed by atoms with Gasteiger partial charge in [-0.1, -0.05) is 22.6 Å². The number of nitrogens with one attached hydrogen (secondary N) is 2. The van der Waals surface area contributed by atoms with Crippen LogP contribution >= 0.6 is 0 Å². The number of aromatic nitrogens is 16. The highest BCUT2D eigenvalue weighted by Crippen LogP contribution is 2.43. The maximum Gasteiger partial charge on any atom is 0.261 e. The van der Waals surface area contributed by atoms with Crippen molar-refractivity contribution in [1.82, 2.24) is 89.3 Å². The third-order valence-electron chi connectivity index (χ3n) is 12.3. The molecule has 68 heavy (non-hydrogen) atoms. The molecule has 2 aliphatic heterocycles. The Morgan fingerprint density at radius 3 is 1.79 bits per heavy atom. The van der Waals surface area contributed by atoms with Gasteiger partial charge in [-0.05, 0) is 50.2 Å². The summed E-state index contributed by atoms with van der Waals surface area (Å²) in [5.74, 6) is 0.311. The van der Waals surface area contributed by atoms with Crippen LogP contribution in [0, 0.1) is 0 Å². The van der Waals surface area contributed by atoms with Crippen LogP contribution in [0.3, 0.4) is 0 Å². The lowest BCUT2D eigenvalue weighted by molar-refractivity contribution is -0.144. The van der Waals surface area contributed by atoms with Crippen molar-refractivity contribution in [3.63, 3.8) is 0 Å². The van der Waals surface area contributed by atoms with E-state index in [1.165, 1.54) is 31.6 Å². The van der Waals surface area contributed by atoms with Crippen molar-refractivity contribution in [2.24, 2.45) is 14.1 Å². The fourth-order valence-electron chi connectivity index (χ4n) is 8.35. The van der Waals surface area contributed by atoms with E-state index in [0.717, 1.165) is 11.1 Å². The Morgan fingerprint density at radius 1 is 0.662 bits per heavy atom. The number of hydrogen-bond donors (Lipinski definition) is 4. The third-order valence-corrected chi connectivity index (χ3v) is 12.3. The molecule has 0 bridgehead atoms. The zero-order valence-electron chi connectivity index (χ0n) is 37.8. The molecule has 5 atom stereocenters. The van der Waals surface area contributed by atoms with Gasteiger partial charge in [0.2, 0.25) is 11.9 Å². The van der Waals surface area contributed by atoms with Crippen molar-refractivity contribution < 1.29 is 19.8 Å². The highest BCUT2D eigenvalue weighted by molar-refractivity contribution is 5.89. The Labute approximate surface area is 387 Å². The molecule has 2 aliphatic rings. The maximum absolute atomic E-state index is 14.2. The summed E-state index contributed by atoms with van der Waals surface area (Å²) in [6.45, 7) is 4.32. The van der Waals surface area contributed by atoms with Crippen LogP contribution < -0.4 is 10.6 Å². The largest absolute Gasteiger partial charge is 0.374 e. The number of aliphatic hydroxyl groups is 2. The molecule has 24 nitrogen and oxygen atoms in total. The standard InChI is InChI=1S/C44H46N20O4/c1-25(27-19-46-60(4)21-27)48-41-45-15-13-31(52-41)29-9-7-11-37(50-29)64-24-36(56-58-64)44(68)18-34(62(6)40(44)66)33-17-32(53-42(54-33)49-26(2)28-20-47-61(5)22-28)30-10-8-12-38(51-30)63-23-35(55-57-63)43(67)14-16-59(3)39(43)65/h7-13,15,17,19-26,34,67-68H,14,16,18H2,1-6H3,(H,45,48,52)(H,49,53,54)/t25-,26+,34?,43+,44+/m0/s1. The molecule has 2 amide bonds. The van der Waals surface area contributed by atoms with Gasteiger partial charge >= 0.3 is 0 Å². The number of pyridine rings is 2. The lowest BCUT2D eigenvalue weighted by Crippen LogP contribution is -2.36. The van der Waals surface area contributed by atoms with Gasteiger partial charge in [0.25, 0.3) is 11.8 Å². The first-order valence-corrected chi connectivity index (χ1v) is 21.7. The van der Waals surface area contributed by atoms with Crippen molar-refractivity contribution in [3.8, 4) is 34.4 Å². The molecule has 0 spiro atoms. The predicted molar refractivity (Wildman–Crippen MR) is 241 cm³/mol. The van der Waals surface area contributed by atoms with Gasteiger partial charge in [-0.15, -0.1) is 10.2 Å². The molecule has 2 fully saturated rings. The molecule has 0 radical (unpaired) electrons. The van der Waals surface area contributed by atoms with Crippen LogP contribution in [0.4, 0.5) is 11.9 Å². The average Bonchev–Trinajstić information content (AvgIpc) is 4.23. The Balaban J connectivity index is 0.932. The molecule has 4 N–H and O–H groups in total. The second-order valence-corrected chi connectivity index (χ2v) is 17.1. The number of likely N-dealkylation sites (tertiary alicyclic amines) is 2. The van der Waals surface area contributed by atoms with E-state index in [0.29, 0.717) is 52.6 Å². The molecule has 24 heteroatoms. The molecule has 10 rings (SSSR count).